The number of likely N-dealkylation sites (tertiary alicyclic amines) is 1. The fourth-order valence-electron chi connectivity index (χ4n) is 4.21. The van der Waals surface area contributed by atoms with Gasteiger partial charge in [-0.05, 0) is 61.7 Å². The summed E-state index contributed by atoms with van der Waals surface area (Å²) in [5.74, 6) is -0.0550. The molecule has 0 bridgehead atoms. The predicted molar refractivity (Wildman–Crippen MR) is 132 cm³/mol. The lowest BCUT2D eigenvalue weighted by molar-refractivity contribution is -0.122. The van der Waals surface area contributed by atoms with Crippen molar-refractivity contribution in [2.45, 2.75) is 45.3 Å². The van der Waals surface area contributed by atoms with Crippen LogP contribution in [0.15, 0.2) is 42.5 Å². The summed E-state index contributed by atoms with van der Waals surface area (Å²) in [5, 5.41) is 3.26. The number of anilines is 1. The third kappa shape index (κ3) is 6.62. The first-order chi connectivity index (χ1) is 15.7. The largest absolute Gasteiger partial charge is 0.495 e. The number of nitrogens with one attached hydrogen (secondary N) is 1. The van der Waals surface area contributed by atoms with Crippen LogP contribution in [0.25, 0.3) is 0 Å². The highest BCUT2D eigenvalue weighted by Gasteiger charge is 2.33. The molecule has 1 unspecified atom stereocenters. The van der Waals surface area contributed by atoms with Crippen LogP contribution in [0.1, 0.15) is 37.3 Å². The maximum atomic E-state index is 13.2. The van der Waals surface area contributed by atoms with E-state index in [9.17, 15) is 13.2 Å². The highest BCUT2D eigenvalue weighted by atomic mass is 35.5. The van der Waals surface area contributed by atoms with E-state index in [1.807, 2.05) is 12.1 Å². The number of hydrogen-bond donors (Lipinski definition) is 1. The molecule has 1 aliphatic rings. The zero-order chi connectivity index (χ0) is 24.0. The molecule has 1 aliphatic heterocycles. The van der Waals surface area contributed by atoms with Crippen LogP contribution in [0, 0.1) is 0 Å². The minimum atomic E-state index is -3.80. The van der Waals surface area contributed by atoms with Crippen molar-refractivity contribution in [2.75, 3.05) is 30.8 Å². The van der Waals surface area contributed by atoms with Gasteiger partial charge in [-0.2, -0.15) is 0 Å². The molecule has 2 aromatic rings. The van der Waals surface area contributed by atoms with Gasteiger partial charge < -0.3 is 10.1 Å². The van der Waals surface area contributed by atoms with Crippen LogP contribution in [-0.4, -0.2) is 51.7 Å². The Kier molecular flexibility index (Phi) is 8.62. The second-order valence-electron chi connectivity index (χ2n) is 8.32. The van der Waals surface area contributed by atoms with Crippen LogP contribution in [0.3, 0.4) is 0 Å². The standard InChI is InChI=1S/C24H32ClN3O4S/c1-4-21(28(33(3,30)31)22-15-20(25)10-11-23(22)32-2)24(29)26-16-18-8-7-9-19(14-18)17-27-12-5-6-13-27/h7-11,14-15,21H,4-6,12-13,16-17H2,1-3H3,(H,26,29). The van der Waals surface area contributed by atoms with E-state index >= 15 is 0 Å². The molecule has 0 saturated carbocycles. The molecule has 1 saturated heterocycles. The topological polar surface area (TPSA) is 79.0 Å². The first-order valence-corrected chi connectivity index (χ1v) is 13.4. The molecule has 0 aliphatic carbocycles. The number of benzene rings is 2. The van der Waals surface area contributed by atoms with Crippen molar-refractivity contribution in [1.82, 2.24) is 10.2 Å². The fourth-order valence-corrected chi connectivity index (χ4v) is 5.59. The molecular formula is C24H32ClN3O4S. The van der Waals surface area contributed by atoms with Crippen LogP contribution in [-0.2, 0) is 27.9 Å². The van der Waals surface area contributed by atoms with E-state index in [0.717, 1.165) is 35.8 Å². The van der Waals surface area contributed by atoms with Gasteiger partial charge >= 0.3 is 0 Å². The molecule has 180 valence electrons. The van der Waals surface area contributed by atoms with Crippen molar-refractivity contribution in [2.24, 2.45) is 0 Å². The van der Waals surface area contributed by atoms with Gasteiger partial charge in [0.05, 0.1) is 19.1 Å². The van der Waals surface area contributed by atoms with E-state index in [1.54, 1.807) is 19.1 Å². The Hall–Kier alpha value is -2.29. The predicted octanol–water partition coefficient (Wildman–Crippen LogP) is 3.81. The normalized spacial score (nSPS) is 15.3. The number of methoxy groups -OCH3 is 1. The molecule has 1 atom stereocenters. The van der Waals surface area contributed by atoms with Crippen molar-refractivity contribution in [3.63, 3.8) is 0 Å². The van der Waals surface area contributed by atoms with Gasteiger partial charge in [-0.25, -0.2) is 8.42 Å². The van der Waals surface area contributed by atoms with Crippen molar-refractivity contribution in [1.29, 1.82) is 0 Å². The quantitative estimate of drug-likeness (QED) is 0.544. The Morgan fingerprint density at radius 3 is 2.52 bits per heavy atom. The number of hydrogen-bond acceptors (Lipinski definition) is 5. The van der Waals surface area contributed by atoms with Crippen LogP contribution in [0.5, 0.6) is 5.75 Å². The molecule has 33 heavy (non-hydrogen) atoms. The molecule has 0 aromatic heterocycles. The summed E-state index contributed by atoms with van der Waals surface area (Å²) in [5.41, 5.74) is 2.42. The van der Waals surface area contributed by atoms with Gasteiger partial charge in [0.15, 0.2) is 0 Å². The highest BCUT2D eigenvalue weighted by molar-refractivity contribution is 7.92. The number of carbonyl (C=O) groups excluding carboxylic acids is 1. The zero-order valence-corrected chi connectivity index (χ0v) is 21.0. The Bertz CT molecular complexity index is 1070. The summed E-state index contributed by atoms with van der Waals surface area (Å²) in [6, 6.07) is 11.9. The smallest absolute Gasteiger partial charge is 0.244 e. The van der Waals surface area contributed by atoms with Crippen LogP contribution >= 0.6 is 11.6 Å². The molecule has 0 radical (unpaired) electrons. The van der Waals surface area contributed by atoms with Gasteiger partial charge in [0.25, 0.3) is 0 Å². The Labute approximate surface area is 201 Å². The summed E-state index contributed by atoms with van der Waals surface area (Å²) in [7, 11) is -2.35. The van der Waals surface area contributed by atoms with E-state index < -0.39 is 16.1 Å². The molecule has 1 fully saturated rings. The number of rotatable bonds is 10. The number of sulfonamides is 1. The van der Waals surface area contributed by atoms with Gasteiger partial charge in [0.1, 0.15) is 11.8 Å². The molecule has 2 aromatic carbocycles. The van der Waals surface area contributed by atoms with Gasteiger partial charge in [-0.3, -0.25) is 14.0 Å². The van der Waals surface area contributed by atoms with E-state index in [1.165, 1.54) is 31.6 Å². The molecule has 1 amide bonds. The van der Waals surface area contributed by atoms with E-state index in [2.05, 4.69) is 22.3 Å². The van der Waals surface area contributed by atoms with E-state index in [0.29, 0.717) is 17.3 Å². The minimum Gasteiger partial charge on any atom is -0.495 e. The zero-order valence-electron chi connectivity index (χ0n) is 19.4. The maximum absolute atomic E-state index is 13.2. The van der Waals surface area contributed by atoms with Crippen LogP contribution < -0.4 is 14.4 Å². The molecule has 0 spiro atoms. The summed E-state index contributed by atoms with van der Waals surface area (Å²) in [6.07, 6.45) is 3.83. The lowest BCUT2D eigenvalue weighted by Crippen LogP contribution is -2.49. The third-order valence-electron chi connectivity index (χ3n) is 5.77. The molecule has 1 heterocycles. The molecule has 7 nitrogen and oxygen atoms in total. The summed E-state index contributed by atoms with van der Waals surface area (Å²) in [6.45, 7) is 5.22. The van der Waals surface area contributed by atoms with Gasteiger partial charge in [-0.1, -0.05) is 42.8 Å². The SMILES string of the molecule is CCC(C(=O)NCc1cccc(CN2CCCC2)c1)N(c1cc(Cl)ccc1OC)S(C)(=O)=O. The van der Waals surface area contributed by atoms with E-state index in [4.69, 9.17) is 16.3 Å². The summed E-state index contributed by atoms with van der Waals surface area (Å²) in [4.78, 5) is 15.6. The molecular weight excluding hydrogens is 462 g/mol. The second-order valence-corrected chi connectivity index (χ2v) is 10.6. The van der Waals surface area contributed by atoms with Gasteiger partial charge in [-0.15, -0.1) is 0 Å². The molecule has 1 N–H and O–H groups in total. The Balaban J connectivity index is 1.77. The third-order valence-corrected chi connectivity index (χ3v) is 7.17. The molecule has 9 heteroatoms. The van der Waals surface area contributed by atoms with Gasteiger partial charge in [0.2, 0.25) is 15.9 Å². The van der Waals surface area contributed by atoms with Crippen molar-refractivity contribution in [3.8, 4) is 5.75 Å². The van der Waals surface area contributed by atoms with Crippen molar-refractivity contribution < 1.29 is 17.9 Å². The first kappa shape index (κ1) is 25.3. The van der Waals surface area contributed by atoms with Crippen LogP contribution in [0.2, 0.25) is 5.02 Å². The maximum Gasteiger partial charge on any atom is 0.244 e. The number of amides is 1. The number of nitrogens with zero attached hydrogens (tertiary/aromatic N) is 2. The monoisotopic (exact) mass is 493 g/mol. The summed E-state index contributed by atoms with van der Waals surface area (Å²) >= 11 is 6.13. The fraction of sp³-hybridized carbons (Fsp3) is 0.458. The van der Waals surface area contributed by atoms with Gasteiger partial charge in [0, 0.05) is 18.1 Å². The lowest BCUT2D eigenvalue weighted by atomic mass is 10.1. The number of halogens is 1. The number of ether oxygens (including phenoxy) is 1. The average molecular weight is 494 g/mol. The highest BCUT2D eigenvalue weighted by Crippen LogP contribution is 2.34. The Morgan fingerprint density at radius 2 is 1.88 bits per heavy atom. The second kappa shape index (κ2) is 11.2. The van der Waals surface area contributed by atoms with E-state index in [-0.39, 0.29) is 18.0 Å². The molecule has 3 rings (SSSR count). The Morgan fingerprint density at radius 1 is 1.18 bits per heavy atom. The van der Waals surface area contributed by atoms with Crippen LogP contribution in [0.4, 0.5) is 5.69 Å². The first-order valence-electron chi connectivity index (χ1n) is 11.1. The minimum absolute atomic E-state index is 0.238. The average Bonchev–Trinajstić information content (AvgIpc) is 3.28. The summed E-state index contributed by atoms with van der Waals surface area (Å²) < 4.78 is 31.9. The number of carbonyl (C=O) groups is 1. The van der Waals surface area contributed by atoms with Crippen molar-refractivity contribution in [3.05, 3.63) is 58.6 Å². The lowest BCUT2D eigenvalue weighted by Gasteiger charge is -2.31. The van der Waals surface area contributed by atoms with Crippen molar-refractivity contribution >= 4 is 33.2 Å².